The quantitative estimate of drug-likeness (QED) is 0.438. The zero-order valence-electron chi connectivity index (χ0n) is 14.8. The highest BCUT2D eigenvalue weighted by molar-refractivity contribution is 5.99. The van der Waals surface area contributed by atoms with Crippen LogP contribution in [0.2, 0.25) is 0 Å². The molecule has 0 aromatic heterocycles. The minimum absolute atomic E-state index is 0.202. The standard InChI is InChI=1S/C21H18F2O4/c1-4-15(24)11-16(25)12-17(18-9-13(22)5-7-20(18)26-2)19-10-14(23)6-8-21(19)27-3/h4-12,25H,1H2,2-3H3. The van der Waals surface area contributed by atoms with Crippen molar-refractivity contribution in [3.05, 3.63) is 89.7 Å². The van der Waals surface area contributed by atoms with Gasteiger partial charge in [-0.3, -0.25) is 4.79 Å². The van der Waals surface area contributed by atoms with Crippen molar-refractivity contribution in [1.29, 1.82) is 0 Å². The molecular weight excluding hydrogens is 354 g/mol. The molecule has 0 spiro atoms. The lowest BCUT2D eigenvalue weighted by Gasteiger charge is -2.16. The van der Waals surface area contributed by atoms with E-state index >= 15 is 0 Å². The fraction of sp³-hybridized carbons (Fsp3) is 0.0952. The van der Waals surface area contributed by atoms with E-state index in [2.05, 4.69) is 6.58 Å². The minimum atomic E-state index is -0.558. The smallest absolute Gasteiger partial charge is 0.181 e. The minimum Gasteiger partial charge on any atom is -0.508 e. The second-order valence-electron chi connectivity index (χ2n) is 5.42. The molecule has 2 aromatic rings. The van der Waals surface area contributed by atoms with Gasteiger partial charge in [-0.05, 0) is 48.6 Å². The van der Waals surface area contributed by atoms with Crippen LogP contribution in [0.4, 0.5) is 8.78 Å². The lowest BCUT2D eigenvalue weighted by atomic mass is 9.95. The monoisotopic (exact) mass is 372 g/mol. The van der Waals surface area contributed by atoms with Crippen molar-refractivity contribution in [2.75, 3.05) is 14.2 Å². The number of hydrogen-bond acceptors (Lipinski definition) is 4. The number of ketones is 1. The molecular formula is C21H18F2O4. The average molecular weight is 372 g/mol. The van der Waals surface area contributed by atoms with Gasteiger partial charge < -0.3 is 14.6 Å². The predicted molar refractivity (Wildman–Crippen MR) is 98.9 cm³/mol. The summed E-state index contributed by atoms with van der Waals surface area (Å²) >= 11 is 0. The van der Waals surface area contributed by atoms with E-state index < -0.39 is 23.2 Å². The number of carbonyl (C=O) groups excluding carboxylic acids is 1. The molecule has 0 radical (unpaired) electrons. The number of hydrogen-bond donors (Lipinski definition) is 1. The highest BCUT2D eigenvalue weighted by Crippen LogP contribution is 2.37. The number of methoxy groups -OCH3 is 2. The van der Waals surface area contributed by atoms with E-state index in [1.54, 1.807) is 0 Å². The van der Waals surface area contributed by atoms with E-state index in [1.807, 2.05) is 0 Å². The molecule has 0 atom stereocenters. The molecule has 0 saturated carbocycles. The number of aliphatic hydroxyl groups excluding tert-OH is 1. The fourth-order valence-corrected chi connectivity index (χ4v) is 2.48. The number of carbonyl (C=O) groups is 1. The number of halogens is 2. The molecule has 140 valence electrons. The number of allylic oxidation sites excluding steroid dienone is 3. The van der Waals surface area contributed by atoms with Crippen molar-refractivity contribution < 1.29 is 28.2 Å². The van der Waals surface area contributed by atoms with Gasteiger partial charge in [0.25, 0.3) is 0 Å². The Labute approximate surface area is 155 Å². The zero-order chi connectivity index (χ0) is 20.0. The van der Waals surface area contributed by atoms with Crippen molar-refractivity contribution in [2.24, 2.45) is 0 Å². The summed E-state index contributed by atoms with van der Waals surface area (Å²) in [5.41, 5.74) is 0.688. The first kappa shape index (κ1) is 19.9. The van der Waals surface area contributed by atoms with Gasteiger partial charge in [0, 0.05) is 22.8 Å². The summed E-state index contributed by atoms with van der Waals surface area (Å²) in [4.78, 5) is 11.5. The topological polar surface area (TPSA) is 55.8 Å². The Hall–Kier alpha value is -3.41. The van der Waals surface area contributed by atoms with Crippen LogP contribution in [0.3, 0.4) is 0 Å². The number of ether oxygens (including phenoxy) is 2. The first-order valence-electron chi connectivity index (χ1n) is 7.86. The van der Waals surface area contributed by atoms with Gasteiger partial charge in [0.1, 0.15) is 28.9 Å². The Balaban J connectivity index is 2.80. The summed E-state index contributed by atoms with van der Waals surface area (Å²) in [7, 11) is 2.79. The van der Waals surface area contributed by atoms with Crippen molar-refractivity contribution in [3.8, 4) is 11.5 Å². The summed E-state index contributed by atoms with van der Waals surface area (Å²) in [6, 6.07) is 7.58. The lowest BCUT2D eigenvalue weighted by Crippen LogP contribution is -1.99. The van der Waals surface area contributed by atoms with Gasteiger partial charge in [-0.25, -0.2) is 8.78 Å². The van der Waals surface area contributed by atoms with Crippen LogP contribution >= 0.6 is 0 Å². The Morgan fingerprint density at radius 2 is 1.44 bits per heavy atom. The van der Waals surface area contributed by atoms with Gasteiger partial charge >= 0.3 is 0 Å². The lowest BCUT2D eigenvalue weighted by molar-refractivity contribution is -0.110. The summed E-state index contributed by atoms with van der Waals surface area (Å²) in [5, 5.41) is 10.2. The molecule has 0 aliphatic heterocycles. The number of benzene rings is 2. The van der Waals surface area contributed by atoms with E-state index in [1.165, 1.54) is 56.7 Å². The van der Waals surface area contributed by atoms with Crippen molar-refractivity contribution in [3.63, 3.8) is 0 Å². The fourth-order valence-electron chi connectivity index (χ4n) is 2.48. The second kappa shape index (κ2) is 8.80. The molecule has 6 heteroatoms. The Bertz CT molecular complexity index is 874. The van der Waals surface area contributed by atoms with Crippen LogP contribution in [0.5, 0.6) is 11.5 Å². The van der Waals surface area contributed by atoms with Crippen LogP contribution in [-0.4, -0.2) is 25.1 Å². The van der Waals surface area contributed by atoms with Crippen LogP contribution in [0.15, 0.2) is 67.0 Å². The van der Waals surface area contributed by atoms with E-state index in [-0.39, 0.29) is 28.2 Å². The Morgan fingerprint density at radius 3 is 1.85 bits per heavy atom. The van der Waals surface area contributed by atoms with Gasteiger partial charge in [0.05, 0.1) is 14.2 Å². The molecule has 0 aliphatic rings. The second-order valence-corrected chi connectivity index (χ2v) is 5.42. The molecule has 0 unspecified atom stereocenters. The molecule has 0 heterocycles. The van der Waals surface area contributed by atoms with Gasteiger partial charge in [-0.1, -0.05) is 6.58 Å². The third kappa shape index (κ3) is 4.82. The molecule has 27 heavy (non-hydrogen) atoms. The van der Waals surface area contributed by atoms with Crippen molar-refractivity contribution in [2.45, 2.75) is 0 Å². The van der Waals surface area contributed by atoms with Crippen LogP contribution < -0.4 is 9.47 Å². The molecule has 2 aromatic carbocycles. The Kier molecular flexibility index (Phi) is 6.49. The number of aliphatic hydroxyl groups is 1. The molecule has 0 aliphatic carbocycles. The van der Waals surface area contributed by atoms with Crippen LogP contribution in [0, 0.1) is 11.6 Å². The van der Waals surface area contributed by atoms with Gasteiger partial charge in [-0.2, -0.15) is 0 Å². The molecule has 2 rings (SSSR count). The van der Waals surface area contributed by atoms with Gasteiger partial charge in [0.2, 0.25) is 0 Å². The molecule has 0 saturated heterocycles. The molecule has 0 amide bonds. The van der Waals surface area contributed by atoms with E-state index in [0.29, 0.717) is 0 Å². The maximum Gasteiger partial charge on any atom is 0.181 e. The molecule has 1 N–H and O–H groups in total. The first-order chi connectivity index (χ1) is 12.9. The third-order valence-electron chi connectivity index (χ3n) is 3.69. The number of rotatable bonds is 7. The largest absolute Gasteiger partial charge is 0.508 e. The van der Waals surface area contributed by atoms with Crippen molar-refractivity contribution in [1.82, 2.24) is 0 Å². The Morgan fingerprint density at radius 1 is 0.963 bits per heavy atom. The average Bonchev–Trinajstić information content (AvgIpc) is 2.65. The molecule has 4 nitrogen and oxygen atoms in total. The van der Waals surface area contributed by atoms with E-state index in [9.17, 15) is 18.7 Å². The van der Waals surface area contributed by atoms with Crippen LogP contribution in [0.25, 0.3) is 5.57 Å². The van der Waals surface area contributed by atoms with Crippen LogP contribution in [-0.2, 0) is 4.79 Å². The summed E-state index contributed by atoms with van der Waals surface area (Å²) in [6.07, 6.45) is 3.16. The predicted octanol–water partition coefficient (Wildman–Crippen LogP) is 4.61. The van der Waals surface area contributed by atoms with Crippen LogP contribution in [0.1, 0.15) is 11.1 Å². The van der Waals surface area contributed by atoms with Gasteiger partial charge in [-0.15, -0.1) is 0 Å². The summed E-state index contributed by atoms with van der Waals surface area (Å²) < 4.78 is 38.3. The normalized spacial score (nSPS) is 10.9. The summed E-state index contributed by atoms with van der Waals surface area (Å²) in [5.74, 6) is -1.49. The third-order valence-corrected chi connectivity index (χ3v) is 3.69. The maximum atomic E-state index is 13.9. The summed E-state index contributed by atoms with van der Waals surface area (Å²) in [6.45, 7) is 3.32. The van der Waals surface area contributed by atoms with Gasteiger partial charge in [0.15, 0.2) is 5.78 Å². The molecule has 0 bridgehead atoms. The van der Waals surface area contributed by atoms with E-state index in [4.69, 9.17) is 9.47 Å². The first-order valence-corrected chi connectivity index (χ1v) is 7.86. The maximum absolute atomic E-state index is 13.9. The zero-order valence-corrected chi connectivity index (χ0v) is 14.8. The van der Waals surface area contributed by atoms with Crippen molar-refractivity contribution >= 4 is 11.4 Å². The SMILES string of the molecule is C=CC(=O)C=C(O)C=C(c1cc(F)ccc1OC)c1cc(F)ccc1OC. The van der Waals surface area contributed by atoms with E-state index in [0.717, 1.165) is 12.2 Å². The molecule has 0 fully saturated rings. The highest BCUT2D eigenvalue weighted by atomic mass is 19.1. The highest BCUT2D eigenvalue weighted by Gasteiger charge is 2.17.